The van der Waals surface area contributed by atoms with Gasteiger partial charge in [0.1, 0.15) is 0 Å². The lowest BCUT2D eigenvalue weighted by Crippen LogP contribution is -2.50. The fourth-order valence-corrected chi connectivity index (χ4v) is 4.57. The largest absolute Gasteiger partial charge is 0.512 e. The van der Waals surface area contributed by atoms with E-state index < -0.39 is 0 Å². The minimum atomic E-state index is -0.142. The molecule has 1 aromatic rings. The number of benzene rings is 1. The smallest absolute Gasteiger partial charge is 0.0965 e. The van der Waals surface area contributed by atoms with Gasteiger partial charge in [-0.3, -0.25) is 0 Å². The van der Waals surface area contributed by atoms with Crippen LogP contribution in [0.25, 0.3) is 0 Å². The molecule has 1 aliphatic rings. The Kier molecular flexibility index (Phi) is 5.39. The molecule has 1 aromatic carbocycles. The standard InChI is InChI=1S/C22H32O/c1-6-8-14-19-20(23)16-15-17(7-2)22(19,21(3,4)5)18-12-10-9-11-13-18/h9-13,15-16,19,23H,6-8,14H2,1-5H3. The Morgan fingerprint density at radius 3 is 2.22 bits per heavy atom. The van der Waals surface area contributed by atoms with Crippen LogP contribution in [0.4, 0.5) is 0 Å². The number of unbranched alkanes of at least 4 members (excludes halogenated alkanes) is 1. The Hall–Kier alpha value is -1.50. The normalized spacial score (nSPS) is 25.0. The molecule has 0 heterocycles. The van der Waals surface area contributed by atoms with Crippen LogP contribution in [-0.4, -0.2) is 5.11 Å². The lowest BCUT2D eigenvalue weighted by Gasteiger charge is -2.53. The van der Waals surface area contributed by atoms with Crippen LogP contribution < -0.4 is 0 Å². The van der Waals surface area contributed by atoms with Crippen molar-refractivity contribution in [3.8, 4) is 0 Å². The molecule has 126 valence electrons. The first-order valence-electron chi connectivity index (χ1n) is 9.05. The summed E-state index contributed by atoms with van der Waals surface area (Å²) < 4.78 is 0. The van der Waals surface area contributed by atoms with E-state index in [2.05, 4.69) is 71.0 Å². The van der Waals surface area contributed by atoms with Crippen LogP contribution in [0.5, 0.6) is 0 Å². The zero-order valence-electron chi connectivity index (χ0n) is 15.4. The van der Waals surface area contributed by atoms with Crippen molar-refractivity contribution in [1.82, 2.24) is 0 Å². The third-order valence-electron chi connectivity index (χ3n) is 5.48. The van der Waals surface area contributed by atoms with Crippen molar-refractivity contribution in [2.24, 2.45) is 11.3 Å². The summed E-state index contributed by atoms with van der Waals surface area (Å²) in [6.45, 7) is 11.4. The van der Waals surface area contributed by atoms with Gasteiger partial charge in [-0.25, -0.2) is 0 Å². The van der Waals surface area contributed by atoms with Crippen molar-refractivity contribution < 1.29 is 5.11 Å². The molecule has 0 aromatic heterocycles. The van der Waals surface area contributed by atoms with Crippen molar-refractivity contribution in [3.05, 3.63) is 59.4 Å². The predicted octanol–water partition coefficient (Wildman–Crippen LogP) is 6.57. The van der Waals surface area contributed by atoms with Gasteiger partial charge in [-0.1, -0.05) is 89.4 Å². The molecular weight excluding hydrogens is 280 g/mol. The molecule has 1 heteroatoms. The van der Waals surface area contributed by atoms with Crippen LogP contribution in [0.1, 0.15) is 65.9 Å². The maximum Gasteiger partial charge on any atom is 0.0965 e. The maximum absolute atomic E-state index is 10.8. The van der Waals surface area contributed by atoms with Gasteiger partial charge in [0.15, 0.2) is 0 Å². The highest BCUT2D eigenvalue weighted by atomic mass is 16.3. The summed E-state index contributed by atoms with van der Waals surface area (Å²) in [4.78, 5) is 0. The van der Waals surface area contributed by atoms with Gasteiger partial charge in [0.05, 0.1) is 5.76 Å². The molecule has 0 fully saturated rings. The minimum Gasteiger partial charge on any atom is -0.512 e. The molecule has 1 aliphatic carbocycles. The van der Waals surface area contributed by atoms with E-state index >= 15 is 0 Å². The topological polar surface area (TPSA) is 20.2 Å². The van der Waals surface area contributed by atoms with E-state index in [0.717, 1.165) is 25.7 Å². The van der Waals surface area contributed by atoms with E-state index in [1.165, 1.54) is 11.1 Å². The number of aliphatic hydroxyl groups is 1. The molecule has 0 spiro atoms. The van der Waals surface area contributed by atoms with Gasteiger partial charge < -0.3 is 5.11 Å². The Morgan fingerprint density at radius 2 is 1.70 bits per heavy atom. The van der Waals surface area contributed by atoms with Crippen molar-refractivity contribution in [2.45, 2.75) is 65.7 Å². The summed E-state index contributed by atoms with van der Waals surface area (Å²) in [6, 6.07) is 10.8. The fraction of sp³-hybridized carbons (Fsp3) is 0.545. The molecule has 0 bridgehead atoms. The summed E-state index contributed by atoms with van der Waals surface area (Å²) in [5, 5.41) is 10.8. The molecule has 0 aliphatic heterocycles. The molecule has 0 saturated heterocycles. The van der Waals surface area contributed by atoms with E-state index in [1.54, 1.807) is 0 Å². The van der Waals surface area contributed by atoms with E-state index in [1.807, 2.05) is 6.08 Å². The van der Waals surface area contributed by atoms with E-state index in [9.17, 15) is 5.11 Å². The summed E-state index contributed by atoms with van der Waals surface area (Å²) >= 11 is 0. The highest BCUT2D eigenvalue weighted by molar-refractivity contribution is 5.47. The highest BCUT2D eigenvalue weighted by Gasteiger charge is 2.53. The van der Waals surface area contributed by atoms with Crippen LogP contribution >= 0.6 is 0 Å². The van der Waals surface area contributed by atoms with Gasteiger partial charge in [0.25, 0.3) is 0 Å². The molecule has 2 atom stereocenters. The molecule has 0 amide bonds. The monoisotopic (exact) mass is 312 g/mol. The first-order chi connectivity index (χ1) is 10.9. The van der Waals surface area contributed by atoms with Crippen LogP contribution in [-0.2, 0) is 5.41 Å². The van der Waals surface area contributed by atoms with E-state index in [-0.39, 0.29) is 16.7 Å². The van der Waals surface area contributed by atoms with Crippen molar-refractivity contribution in [1.29, 1.82) is 0 Å². The third kappa shape index (κ3) is 2.98. The second-order valence-electron chi connectivity index (χ2n) is 7.76. The first kappa shape index (κ1) is 17.8. The second-order valence-corrected chi connectivity index (χ2v) is 7.76. The molecular formula is C22H32O. The van der Waals surface area contributed by atoms with Gasteiger partial charge in [-0.05, 0) is 29.9 Å². The first-order valence-corrected chi connectivity index (χ1v) is 9.05. The number of hydrogen-bond donors (Lipinski definition) is 1. The van der Waals surface area contributed by atoms with Gasteiger partial charge >= 0.3 is 0 Å². The number of aliphatic hydroxyl groups excluding tert-OH is 1. The van der Waals surface area contributed by atoms with Crippen molar-refractivity contribution >= 4 is 0 Å². The summed E-state index contributed by atoms with van der Waals surface area (Å²) in [7, 11) is 0. The van der Waals surface area contributed by atoms with Crippen LogP contribution in [0.2, 0.25) is 0 Å². The summed E-state index contributed by atoms with van der Waals surface area (Å²) in [6.07, 6.45) is 8.44. The molecule has 1 N–H and O–H groups in total. The third-order valence-corrected chi connectivity index (χ3v) is 5.48. The quantitative estimate of drug-likeness (QED) is 0.652. The van der Waals surface area contributed by atoms with Crippen molar-refractivity contribution in [3.63, 3.8) is 0 Å². The van der Waals surface area contributed by atoms with Gasteiger partial charge in [0.2, 0.25) is 0 Å². The molecule has 2 unspecified atom stereocenters. The maximum atomic E-state index is 10.8. The minimum absolute atomic E-state index is 0.0246. The van der Waals surface area contributed by atoms with Gasteiger partial charge in [0, 0.05) is 11.3 Å². The Balaban J connectivity index is 2.72. The second kappa shape index (κ2) is 6.95. The molecule has 23 heavy (non-hydrogen) atoms. The lowest BCUT2D eigenvalue weighted by atomic mass is 9.50. The average Bonchev–Trinajstić information content (AvgIpc) is 2.53. The summed E-state index contributed by atoms with van der Waals surface area (Å²) in [5.74, 6) is 0.708. The zero-order chi connectivity index (χ0) is 17.1. The fourth-order valence-electron chi connectivity index (χ4n) is 4.57. The molecule has 2 rings (SSSR count). The van der Waals surface area contributed by atoms with E-state index in [0.29, 0.717) is 5.76 Å². The SMILES string of the molecule is CCCCC1C(O)=CC=C(CC)C1(c1ccccc1)C(C)(C)C. The molecule has 0 saturated carbocycles. The zero-order valence-corrected chi connectivity index (χ0v) is 15.4. The summed E-state index contributed by atoms with van der Waals surface area (Å²) in [5.41, 5.74) is 2.66. The van der Waals surface area contributed by atoms with Crippen LogP contribution in [0, 0.1) is 11.3 Å². The molecule has 1 nitrogen and oxygen atoms in total. The lowest BCUT2D eigenvalue weighted by molar-refractivity contribution is 0.113. The average molecular weight is 312 g/mol. The highest BCUT2D eigenvalue weighted by Crippen LogP contribution is 2.57. The predicted molar refractivity (Wildman–Crippen MR) is 99.7 cm³/mol. The Bertz CT molecular complexity index is 574. The Morgan fingerprint density at radius 1 is 1.04 bits per heavy atom. The van der Waals surface area contributed by atoms with Gasteiger partial charge in [-0.15, -0.1) is 0 Å². The number of hydrogen-bond acceptors (Lipinski definition) is 1. The molecule has 0 radical (unpaired) electrons. The Labute approximate surface area is 142 Å². The van der Waals surface area contributed by atoms with E-state index in [4.69, 9.17) is 0 Å². The van der Waals surface area contributed by atoms with Crippen LogP contribution in [0.15, 0.2) is 53.8 Å². The number of allylic oxidation sites excluding steroid dienone is 4. The van der Waals surface area contributed by atoms with Crippen molar-refractivity contribution in [2.75, 3.05) is 0 Å². The number of rotatable bonds is 5. The van der Waals surface area contributed by atoms with Crippen LogP contribution in [0.3, 0.4) is 0 Å². The van der Waals surface area contributed by atoms with Gasteiger partial charge in [-0.2, -0.15) is 0 Å².